The Morgan fingerprint density at radius 3 is 2.27 bits per heavy atom. The van der Waals surface area contributed by atoms with Crippen LogP contribution in [0, 0.1) is 5.92 Å². The van der Waals surface area contributed by atoms with Crippen LogP contribution in [0.1, 0.15) is 32.1 Å². The zero-order valence-corrected chi connectivity index (χ0v) is 15.2. The summed E-state index contributed by atoms with van der Waals surface area (Å²) >= 11 is 0. The highest BCUT2D eigenvalue weighted by Crippen LogP contribution is 2.27. The molecule has 0 radical (unpaired) electrons. The Balaban J connectivity index is 1.37. The lowest BCUT2D eigenvalue weighted by Gasteiger charge is -2.22. The second-order valence-corrected chi connectivity index (χ2v) is 6.90. The van der Waals surface area contributed by atoms with E-state index in [2.05, 4.69) is 5.32 Å². The van der Waals surface area contributed by atoms with Crippen LogP contribution in [0.4, 0.5) is 11.4 Å². The molecule has 5 heteroatoms. The molecule has 0 amide bonds. The SMILES string of the molecule is Nc1ccc(Oc2ccc(OCCCCC3CCNCC3)cc2)cc1N. The molecule has 140 valence electrons. The first-order chi connectivity index (χ1) is 12.7. The Hall–Kier alpha value is -2.40. The van der Waals surface area contributed by atoms with Gasteiger partial charge in [0, 0.05) is 6.07 Å². The van der Waals surface area contributed by atoms with Crippen LogP contribution in [0.3, 0.4) is 0 Å². The lowest BCUT2D eigenvalue weighted by molar-refractivity contribution is 0.287. The second-order valence-electron chi connectivity index (χ2n) is 6.90. The molecule has 3 rings (SSSR count). The van der Waals surface area contributed by atoms with E-state index >= 15 is 0 Å². The van der Waals surface area contributed by atoms with Crippen molar-refractivity contribution in [3.05, 3.63) is 42.5 Å². The molecule has 1 heterocycles. The molecule has 0 bridgehead atoms. The summed E-state index contributed by atoms with van der Waals surface area (Å²) in [5.74, 6) is 3.18. The number of anilines is 2. The standard InChI is InChI=1S/C21H29N3O2/c22-20-9-8-19(15-21(20)23)26-18-6-4-17(5-7-18)25-14-2-1-3-16-10-12-24-13-11-16/h4-9,15-16,24H,1-3,10-14,22-23H2. The maximum Gasteiger partial charge on any atom is 0.129 e. The van der Waals surface area contributed by atoms with E-state index in [1.54, 1.807) is 18.2 Å². The van der Waals surface area contributed by atoms with Gasteiger partial charge in [0.15, 0.2) is 0 Å². The quantitative estimate of drug-likeness (QED) is 0.488. The zero-order valence-electron chi connectivity index (χ0n) is 15.2. The normalized spacial score (nSPS) is 14.9. The van der Waals surface area contributed by atoms with Gasteiger partial charge in [-0.2, -0.15) is 0 Å². The summed E-state index contributed by atoms with van der Waals surface area (Å²) in [7, 11) is 0. The Morgan fingerprint density at radius 1 is 0.846 bits per heavy atom. The summed E-state index contributed by atoms with van der Waals surface area (Å²) in [4.78, 5) is 0. The van der Waals surface area contributed by atoms with Crippen LogP contribution >= 0.6 is 0 Å². The predicted molar refractivity (Wildman–Crippen MR) is 107 cm³/mol. The van der Waals surface area contributed by atoms with E-state index < -0.39 is 0 Å². The molecule has 5 nitrogen and oxygen atoms in total. The zero-order chi connectivity index (χ0) is 18.2. The number of hydrogen-bond acceptors (Lipinski definition) is 5. The fraction of sp³-hybridized carbons (Fsp3) is 0.429. The molecular weight excluding hydrogens is 326 g/mol. The van der Waals surface area contributed by atoms with E-state index in [4.69, 9.17) is 20.9 Å². The number of unbranched alkanes of at least 4 members (excludes halogenated alkanes) is 1. The van der Waals surface area contributed by atoms with Gasteiger partial charge in [0.2, 0.25) is 0 Å². The second kappa shape index (κ2) is 9.34. The summed E-state index contributed by atoms with van der Waals surface area (Å²) in [5.41, 5.74) is 12.6. The van der Waals surface area contributed by atoms with E-state index in [0.717, 1.165) is 30.4 Å². The van der Waals surface area contributed by atoms with E-state index in [0.29, 0.717) is 17.1 Å². The van der Waals surface area contributed by atoms with Crippen LogP contribution in [0.25, 0.3) is 0 Å². The number of nitrogens with one attached hydrogen (secondary N) is 1. The van der Waals surface area contributed by atoms with E-state index in [9.17, 15) is 0 Å². The lowest BCUT2D eigenvalue weighted by atomic mass is 9.93. The third-order valence-corrected chi connectivity index (χ3v) is 4.85. The van der Waals surface area contributed by atoms with Crippen LogP contribution in [0.2, 0.25) is 0 Å². The smallest absolute Gasteiger partial charge is 0.129 e. The average molecular weight is 355 g/mol. The molecule has 1 aliphatic rings. The monoisotopic (exact) mass is 355 g/mol. The van der Waals surface area contributed by atoms with E-state index in [1.807, 2.05) is 24.3 Å². The minimum atomic E-state index is 0.520. The highest BCUT2D eigenvalue weighted by Gasteiger charge is 2.12. The topological polar surface area (TPSA) is 82.5 Å². The third kappa shape index (κ3) is 5.56. The van der Waals surface area contributed by atoms with Crippen LogP contribution in [-0.2, 0) is 0 Å². The van der Waals surface area contributed by atoms with Gasteiger partial charge in [0.25, 0.3) is 0 Å². The van der Waals surface area contributed by atoms with Crippen molar-refractivity contribution in [2.24, 2.45) is 5.92 Å². The Kier molecular flexibility index (Phi) is 6.61. The summed E-state index contributed by atoms with van der Waals surface area (Å²) in [6.45, 7) is 3.12. The maximum absolute atomic E-state index is 5.83. The van der Waals surface area contributed by atoms with Crippen molar-refractivity contribution in [1.82, 2.24) is 5.32 Å². The number of rotatable bonds is 8. The molecule has 1 saturated heterocycles. The maximum atomic E-state index is 5.83. The molecule has 0 unspecified atom stereocenters. The molecule has 1 aliphatic heterocycles. The summed E-state index contributed by atoms with van der Waals surface area (Å²) < 4.78 is 11.6. The van der Waals surface area contributed by atoms with Gasteiger partial charge in [-0.3, -0.25) is 0 Å². The highest BCUT2D eigenvalue weighted by molar-refractivity contribution is 5.65. The number of piperidine rings is 1. The number of benzene rings is 2. The minimum Gasteiger partial charge on any atom is -0.494 e. The van der Waals surface area contributed by atoms with Gasteiger partial charge in [-0.15, -0.1) is 0 Å². The molecule has 0 aromatic heterocycles. The van der Waals surface area contributed by atoms with Gasteiger partial charge in [-0.1, -0.05) is 6.42 Å². The first-order valence-corrected chi connectivity index (χ1v) is 9.47. The lowest BCUT2D eigenvalue weighted by Crippen LogP contribution is -2.27. The Labute approximate surface area is 155 Å². The van der Waals surface area contributed by atoms with Crippen molar-refractivity contribution >= 4 is 11.4 Å². The van der Waals surface area contributed by atoms with Crippen molar-refractivity contribution in [2.75, 3.05) is 31.2 Å². The Bertz CT molecular complexity index is 682. The Morgan fingerprint density at radius 2 is 1.54 bits per heavy atom. The average Bonchev–Trinajstić information content (AvgIpc) is 2.67. The first kappa shape index (κ1) is 18.4. The van der Waals surface area contributed by atoms with Crippen molar-refractivity contribution < 1.29 is 9.47 Å². The third-order valence-electron chi connectivity index (χ3n) is 4.85. The molecule has 0 saturated carbocycles. The van der Waals surface area contributed by atoms with E-state index in [-0.39, 0.29) is 0 Å². The van der Waals surface area contributed by atoms with Gasteiger partial charge in [0.05, 0.1) is 18.0 Å². The molecule has 2 aromatic rings. The molecule has 26 heavy (non-hydrogen) atoms. The summed E-state index contributed by atoms with van der Waals surface area (Å²) in [5, 5.41) is 3.42. The summed E-state index contributed by atoms with van der Waals surface area (Å²) in [6.07, 6.45) is 6.31. The number of nitrogens with two attached hydrogens (primary N) is 2. The van der Waals surface area contributed by atoms with Crippen LogP contribution in [0.5, 0.6) is 17.2 Å². The molecule has 0 spiro atoms. The fourth-order valence-corrected chi connectivity index (χ4v) is 3.25. The largest absolute Gasteiger partial charge is 0.494 e. The van der Waals surface area contributed by atoms with Gasteiger partial charge in [-0.25, -0.2) is 0 Å². The van der Waals surface area contributed by atoms with Crippen LogP contribution < -0.4 is 26.3 Å². The molecule has 0 aliphatic carbocycles. The molecular formula is C21H29N3O2. The molecule has 0 atom stereocenters. The summed E-state index contributed by atoms with van der Waals surface area (Å²) in [6, 6.07) is 12.9. The molecule has 1 fully saturated rings. The molecule has 2 aromatic carbocycles. The molecule has 5 N–H and O–H groups in total. The highest BCUT2D eigenvalue weighted by atomic mass is 16.5. The van der Waals surface area contributed by atoms with Crippen molar-refractivity contribution in [1.29, 1.82) is 0 Å². The number of ether oxygens (including phenoxy) is 2. The van der Waals surface area contributed by atoms with Gasteiger partial charge < -0.3 is 26.3 Å². The van der Waals surface area contributed by atoms with Gasteiger partial charge >= 0.3 is 0 Å². The van der Waals surface area contributed by atoms with Crippen molar-refractivity contribution in [3.63, 3.8) is 0 Å². The van der Waals surface area contributed by atoms with Crippen LogP contribution in [0.15, 0.2) is 42.5 Å². The van der Waals surface area contributed by atoms with Crippen molar-refractivity contribution in [2.45, 2.75) is 32.1 Å². The van der Waals surface area contributed by atoms with Gasteiger partial charge in [0.1, 0.15) is 17.2 Å². The fourth-order valence-electron chi connectivity index (χ4n) is 3.25. The van der Waals surface area contributed by atoms with E-state index in [1.165, 1.54) is 38.8 Å². The number of hydrogen-bond donors (Lipinski definition) is 3. The van der Waals surface area contributed by atoms with Crippen molar-refractivity contribution in [3.8, 4) is 17.2 Å². The predicted octanol–water partition coefficient (Wildman–Crippen LogP) is 4.19. The first-order valence-electron chi connectivity index (χ1n) is 9.47. The van der Waals surface area contributed by atoms with Crippen LogP contribution in [-0.4, -0.2) is 19.7 Å². The van der Waals surface area contributed by atoms with Gasteiger partial charge in [-0.05, 0) is 81.1 Å². The minimum absolute atomic E-state index is 0.520. The number of nitrogen functional groups attached to an aromatic ring is 2.